The second-order valence-electron chi connectivity index (χ2n) is 6.62. The first-order valence-electron chi connectivity index (χ1n) is 7.89. The van der Waals surface area contributed by atoms with Crippen LogP contribution in [0.15, 0.2) is 0 Å². The quantitative estimate of drug-likeness (QED) is 0.907. The third kappa shape index (κ3) is 2.99. The summed E-state index contributed by atoms with van der Waals surface area (Å²) in [6.45, 7) is 5.53. The van der Waals surface area contributed by atoms with E-state index >= 15 is 0 Å². The highest BCUT2D eigenvalue weighted by atomic mass is 15.3. The van der Waals surface area contributed by atoms with Crippen molar-refractivity contribution in [1.82, 2.24) is 20.1 Å². The SMILES string of the molecule is CC1(CNCc2nnc3n2CCCC3)CCCCC1. The highest BCUT2D eigenvalue weighted by molar-refractivity contribution is 4.98. The maximum atomic E-state index is 4.35. The van der Waals surface area contributed by atoms with E-state index in [1.54, 1.807) is 0 Å². The highest BCUT2D eigenvalue weighted by Gasteiger charge is 2.26. The lowest BCUT2D eigenvalue weighted by atomic mass is 9.76. The van der Waals surface area contributed by atoms with Gasteiger partial charge >= 0.3 is 0 Å². The van der Waals surface area contributed by atoms with E-state index in [-0.39, 0.29) is 0 Å². The highest BCUT2D eigenvalue weighted by Crippen LogP contribution is 2.34. The Balaban J connectivity index is 1.53. The molecule has 19 heavy (non-hydrogen) atoms. The predicted molar refractivity (Wildman–Crippen MR) is 75.9 cm³/mol. The average Bonchev–Trinajstić information content (AvgIpc) is 2.83. The van der Waals surface area contributed by atoms with Gasteiger partial charge in [-0.05, 0) is 31.1 Å². The summed E-state index contributed by atoms with van der Waals surface area (Å²) in [5, 5.41) is 12.3. The molecule has 2 aliphatic rings. The fourth-order valence-electron chi connectivity index (χ4n) is 3.56. The number of nitrogens with zero attached hydrogens (tertiary/aromatic N) is 3. The third-order valence-corrected chi connectivity index (χ3v) is 4.83. The molecule has 0 unspecified atom stereocenters. The molecule has 0 atom stereocenters. The van der Waals surface area contributed by atoms with Crippen LogP contribution >= 0.6 is 0 Å². The molecule has 1 aliphatic heterocycles. The van der Waals surface area contributed by atoms with Gasteiger partial charge in [0.2, 0.25) is 0 Å². The van der Waals surface area contributed by atoms with Crippen LogP contribution in [0.25, 0.3) is 0 Å². The summed E-state index contributed by atoms with van der Waals surface area (Å²) < 4.78 is 2.32. The summed E-state index contributed by atoms with van der Waals surface area (Å²) in [5.74, 6) is 2.32. The third-order valence-electron chi connectivity index (χ3n) is 4.83. The van der Waals surface area contributed by atoms with Gasteiger partial charge in [0.15, 0.2) is 0 Å². The van der Waals surface area contributed by atoms with Gasteiger partial charge in [0.1, 0.15) is 11.6 Å². The number of hydrogen-bond donors (Lipinski definition) is 1. The minimum absolute atomic E-state index is 0.503. The van der Waals surface area contributed by atoms with Crippen molar-refractivity contribution in [3.05, 3.63) is 11.6 Å². The molecule has 1 aromatic heterocycles. The fraction of sp³-hybridized carbons (Fsp3) is 0.867. The molecule has 1 aromatic rings. The van der Waals surface area contributed by atoms with Crippen LogP contribution in [0, 0.1) is 5.41 Å². The lowest BCUT2D eigenvalue weighted by Crippen LogP contribution is -2.34. The van der Waals surface area contributed by atoms with Gasteiger partial charge in [0, 0.05) is 19.5 Å². The van der Waals surface area contributed by atoms with Crippen molar-refractivity contribution in [3.8, 4) is 0 Å². The van der Waals surface area contributed by atoms with Gasteiger partial charge in [-0.15, -0.1) is 10.2 Å². The summed E-state index contributed by atoms with van der Waals surface area (Å²) in [5.41, 5.74) is 0.503. The first kappa shape index (κ1) is 13.1. The van der Waals surface area contributed by atoms with Crippen LogP contribution in [-0.2, 0) is 19.5 Å². The van der Waals surface area contributed by atoms with Crippen molar-refractivity contribution in [2.45, 2.75) is 71.4 Å². The Morgan fingerprint density at radius 1 is 1.11 bits per heavy atom. The molecule has 0 bridgehead atoms. The molecule has 0 saturated heterocycles. The van der Waals surface area contributed by atoms with E-state index in [0.29, 0.717) is 5.41 Å². The Kier molecular flexibility index (Phi) is 3.87. The lowest BCUT2D eigenvalue weighted by molar-refractivity contribution is 0.206. The molecule has 0 amide bonds. The molecule has 0 spiro atoms. The molecule has 3 rings (SSSR count). The molecular weight excluding hydrogens is 236 g/mol. The van der Waals surface area contributed by atoms with Crippen LogP contribution in [-0.4, -0.2) is 21.3 Å². The van der Waals surface area contributed by atoms with E-state index in [2.05, 4.69) is 27.0 Å². The van der Waals surface area contributed by atoms with Gasteiger partial charge in [-0.25, -0.2) is 0 Å². The maximum absolute atomic E-state index is 4.35. The Morgan fingerprint density at radius 2 is 1.95 bits per heavy atom. The van der Waals surface area contributed by atoms with Crippen LogP contribution in [0.5, 0.6) is 0 Å². The Bertz CT molecular complexity index is 418. The Hall–Kier alpha value is -0.900. The van der Waals surface area contributed by atoms with Crippen LogP contribution in [0.2, 0.25) is 0 Å². The van der Waals surface area contributed by atoms with Crippen molar-refractivity contribution < 1.29 is 0 Å². The Labute approximate surface area is 116 Å². The maximum Gasteiger partial charge on any atom is 0.147 e. The van der Waals surface area contributed by atoms with Crippen molar-refractivity contribution in [1.29, 1.82) is 0 Å². The number of aryl methyl sites for hydroxylation is 1. The molecule has 4 heteroatoms. The van der Waals surface area contributed by atoms with Crippen LogP contribution in [0.4, 0.5) is 0 Å². The molecule has 1 fully saturated rings. The topological polar surface area (TPSA) is 42.7 Å². The van der Waals surface area contributed by atoms with E-state index in [0.717, 1.165) is 31.9 Å². The largest absolute Gasteiger partial charge is 0.314 e. The molecule has 2 heterocycles. The summed E-state index contributed by atoms with van der Waals surface area (Å²) in [7, 11) is 0. The summed E-state index contributed by atoms with van der Waals surface area (Å²) in [6, 6.07) is 0. The molecule has 1 saturated carbocycles. The summed E-state index contributed by atoms with van der Waals surface area (Å²) in [4.78, 5) is 0. The van der Waals surface area contributed by atoms with Gasteiger partial charge in [-0.1, -0.05) is 26.2 Å². The number of nitrogens with one attached hydrogen (secondary N) is 1. The summed E-state index contributed by atoms with van der Waals surface area (Å²) >= 11 is 0. The minimum Gasteiger partial charge on any atom is -0.314 e. The van der Waals surface area contributed by atoms with Crippen molar-refractivity contribution >= 4 is 0 Å². The van der Waals surface area contributed by atoms with Crippen LogP contribution < -0.4 is 5.32 Å². The number of rotatable bonds is 4. The molecule has 106 valence electrons. The van der Waals surface area contributed by atoms with E-state index in [1.807, 2.05) is 0 Å². The first-order valence-corrected chi connectivity index (χ1v) is 7.89. The number of aromatic nitrogens is 3. The van der Waals surface area contributed by atoms with E-state index in [4.69, 9.17) is 0 Å². The molecule has 4 nitrogen and oxygen atoms in total. The van der Waals surface area contributed by atoms with Crippen molar-refractivity contribution in [3.63, 3.8) is 0 Å². The molecular formula is C15H26N4. The van der Waals surface area contributed by atoms with Crippen molar-refractivity contribution in [2.75, 3.05) is 6.54 Å². The second kappa shape index (κ2) is 5.61. The fourth-order valence-corrected chi connectivity index (χ4v) is 3.56. The number of hydrogen-bond acceptors (Lipinski definition) is 3. The zero-order valence-electron chi connectivity index (χ0n) is 12.1. The molecule has 1 N–H and O–H groups in total. The van der Waals surface area contributed by atoms with Gasteiger partial charge in [0.05, 0.1) is 6.54 Å². The smallest absolute Gasteiger partial charge is 0.147 e. The summed E-state index contributed by atoms with van der Waals surface area (Å²) in [6.07, 6.45) is 10.6. The second-order valence-corrected chi connectivity index (χ2v) is 6.62. The van der Waals surface area contributed by atoms with E-state index in [9.17, 15) is 0 Å². The number of fused-ring (bicyclic) bond motifs is 1. The van der Waals surface area contributed by atoms with Gasteiger partial charge in [-0.2, -0.15) is 0 Å². The van der Waals surface area contributed by atoms with Crippen molar-refractivity contribution in [2.24, 2.45) is 5.41 Å². The predicted octanol–water partition coefficient (Wildman–Crippen LogP) is 2.67. The van der Waals surface area contributed by atoms with Crippen LogP contribution in [0.1, 0.15) is 63.5 Å². The normalized spacial score (nSPS) is 22.2. The monoisotopic (exact) mass is 262 g/mol. The molecule has 0 aromatic carbocycles. The zero-order chi connectivity index (χ0) is 13.1. The van der Waals surface area contributed by atoms with E-state index in [1.165, 1.54) is 50.8 Å². The average molecular weight is 262 g/mol. The first-order chi connectivity index (χ1) is 9.27. The molecule has 0 radical (unpaired) electrons. The zero-order valence-corrected chi connectivity index (χ0v) is 12.1. The standard InChI is InChI=1S/C15H26N4/c1-15(8-4-2-5-9-15)12-16-11-14-18-17-13-7-3-6-10-19(13)14/h16H,2-12H2,1H3. The molecule has 1 aliphatic carbocycles. The lowest BCUT2D eigenvalue weighted by Gasteiger charge is -2.33. The Morgan fingerprint density at radius 3 is 2.79 bits per heavy atom. The van der Waals surface area contributed by atoms with Crippen LogP contribution in [0.3, 0.4) is 0 Å². The van der Waals surface area contributed by atoms with E-state index < -0.39 is 0 Å². The van der Waals surface area contributed by atoms with Gasteiger partial charge < -0.3 is 9.88 Å². The van der Waals surface area contributed by atoms with Gasteiger partial charge in [0.25, 0.3) is 0 Å². The minimum atomic E-state index is 0.503. The van der Waals surface area contributed by atoms with Gasteiger partial charge in [-0.3, -0.25) is 0 Å².